The molecule has 0 amide bonds. The van der Waals surface area contributed by atoms with Crippen molar-refractivity contribution >= 4 is 23.9 Å². The highest BCUT2D eigenvalue weighted by molar-refractivity contribution is 5.74. The van der Waals surface area contributed by atoms with Crippen LogP contribution in [0.1, 0.15) is 265 Å². The highest BCUT2D eigenvalue weighted by atomic mass is 16.7. The third kappa shape index (κ3) is 41.2. The molecule has 6 unspecified atom stereocenters. The maximum absolute atomic E-state index is 13.2. The standard InChI is InChI=1S/C63H108O12/c1-4-7-10-13-16-19-22-25-27-28-30-32-34-37-40-43-46-49-55(64)71-52-54(73-56(65)50-47-44-41-38-36-33-29-26-23-20-17-14-11-8-5-2)53-72-63-61(59(68)58(67)60(75-63)62(69)70)74-57(66)51-48-45-42-39-35-31-24-21-18-15-12-9-6-3/h9,12,18,21,25,27,31,35,42,45,54,58-61,63,67-68H,4-8,10-11,13-17,19-20,22-24,26,28-30,32-34,36-41,43-44,46-53H2,1-3H3,(H,69,70)/b12-9-,21-18-,27-25-,35-31-,45-42-. The van der Waals surface area contributed by atoms with Crippen LogP contribution in [0.2, 0.25) is 0 Å². The molecule has 0 aromatic heterocycles. The summed E-state index contributed by atoms with van der Waals surface area (Å²) >= 11 is 0. The van der Waals surface area contributed by atoms with Gasteiger partial charge in [0.2, 0.25) is 0 Å². The van der Waals surface area contributed by atoms with E-state index in [4.69, 9.17) is 23.7 Å². The second kappa shape index (κ2) is 51.2. The van der Waals surface area contributed by atoms with E-state index in [1.807, 2.05) is 18.2 Å². The van der Waals surface area contributed by atoms with Gasteiger partial charge >= 0.3 is 23.9 Å². The summed E-state index contributed by atoms with van der Waals surface area (Å²) in [6, 6.07) is 0. The predicted molar refractivity (Wildman–Crippen MR) is 303 cm³/mol. The number of aliphatic carboxylic acids is 1. The van der Waals surface area contributed by atoms with Gasteiger partial charge in [-0.25, -0.2) is 4.79 Å². The van der Waals surface area contributed by atoms with E-state index in [-0.39, 0.29) is 25.9 Å². The molecule has 1 aliphatic heterocycles. The molecule has 0 aromatic carbocycles. The summed E-state index contributed by atoms with van der Waals surface area (Å²) < 4.78 is 28.4. The smallest absolute Gasteiger partial charge is 0.335 e. The lowest BCUT2D eigenvalue weighted by Gasteiger charge is -2.40. The van der Waals surface area contributed by atoms with Crippen molar-refractivity contribution < 1.29 is 58.2 Å². The van der Waals surface area contributed by atoms with Gasteiger partial charge in [-0.1, -0.05) is 236 Å². The van der Waals surface area contributed by atoms with E-state index in [2.05, 4.69) is 63.3 Å². The van der Waals surface area contributed by atoms with Gasteiger partial charge in [-0.3, -0.25) is 14.4 Å². The highest BCUT2D eigenvalue weighted by Gasteiger charge is 2.50. The number of carboxylic acid groups (broad SMARTS) is 1. The van der Waals surface area contributed by atoms with Crippen LogP contribution in [-0.2, 0) is 42.9 Å². The molecule has 432 valence electrons. The zero-order valence-electron chi connectivity index (χ0n) is 47.5. The lowest BCUT2D eigenvalue weighted by Crippen LogP contribution is -2.61. The van der Waals surface area contributed by atoms with Crippen molar-refractivity contribution in [2.24, 2.45) is 0 Å². The van der Waals surface area contributed by atoms with Crippen molar-refractivity contribution in [2.75, 3.05) is 13.2 Å². The first-order valence-electron chi connectivity index (χ1n) is 30.3. The van der Waals surface area contributed by atoms with Crippen LogP contribution in [0.5, 0.6) is 0 Å². The largest absolute Gasteiger partial charge is 0.479 e. The van der Waals surface area contributed by atoms with E-state index in [1.54, 1.807) is 0 Å². The van der Waals surface area contributed by atoms with E-state index < -0.39 is 67.3 Å². The number of allylic oxidation sites excluding steroid dienone is 10. The molecule has 0 radical (unpaired) electrons. The number of aliphatic hydroxyl groups is 2. The number of hydrogen-bond donors (Lipinski definition) is 3. The van der Waals surface area contributed by atoms with Gasteiger partial charge in [0.1, 0.15) is 18.8 Å². The predicted octanol–water partition coefficient (Wildman–Crippen LogP) is 15.6. The molecule has 0 aliphatic carbocycles. The Morgan fingerprint density at radius 1 is 0.453 bits per heavy atom. The fourth-order valence-corrected chi connectivity index (χ4v) is 8.97. The number of carbonyl (C=O) groups excluding carboxylic acids is 3. The van der Waals surface area contributed by atoms with E-state index in [0.29, 0.717) is 25.7 Å². The maximum Gasteiger partial charge on any atom is 0.335 e. The fraction of sp³-hybridized carbons (Fsp3) is 0.778. The highest BCUT2D eigenvalue weighted by Crippen LogP contribution is 2.26. The van der Waals surface area contributed by atoms with Gasteiger partial charge in [0.15, 0.2) is 24.6 Å². The summed E-state index contributed by atoms with van der Waals surface area (Å²) in [6.45, 7) is 5.85. The van der Waals surface area contributed by atoms with Crippen LogP contribution >= 0.6 is 0 Å². The lowest BCUT2D eigenvalue weighted by atomic mass is 9.98. The van der Waals surface area contributed by atoms with Crippen molar-refractivity contribution in [3.05, 3.63) is 60.8 Å². The van der Waals surface area contributed by atoms with Crippen LogP contribution in [0.15, 0.2) is 60.8 Å². The Bertz CT molecular complexity index is 1540. The zero-order valence-corrected chi connectivity index (χ0v) is 47.5. The van der Waals surface area contributed by atoms with Crippen LogP contribution in [0.3, 0.4) is 0 Å². The normalized spacial score (nSPS) is 18.5. The molecule has 12 heteroatoms. The monoisotopic (exact) mass is 1060 g/mol. The van der Waals surface area contributed by atoms with Crippen LogP contribution in [0, 0.1) is 0 Å². The first kappa shape index (κ1) is 69.4. The third-order valence-electron chi connectivity index (χ3n) is 13.6. The lowest BCUT2D eigenvalue weighted by molar-refractivity contribution is -0.301. The number of rotatable bonds is 51. The Morgan fingerprint density at radius 2 is 0.867 bits per heavy atom. The molecular formula is C63H108O12. The summed E-state index contributed by atoms with van der Waals surface area (Å²) in [4.78, 5) is 51.1. The minimum Gasteiger partial charge on any atom is -0.479 e. The van der Waals surface area contributed by atoms with Crippen molar-refractivity contribution in [1.29, 1.82) is 0 Å². The van der Waals surface area contributed by atoms with Crippen molar-refractivity contribution in [1.82, 2.24) is 0 Å². The average molecular weight is 1060 g/mol. The van der Waals surface area contributed by atoms with Gasteiger partial charge in [-0.15, -0.1) is 0 Å². The zero-order chi connectivity index (χ0) is 54.7. The number of unbranched alkanes of at least 4 members (excludes halogenated alkanes) is 27. The summed E-state index contributed by atoms with van der Waals surface area (Å²) in [5.74, 6) is -3.21. The number of ether oxygens (including phenoxy) is 5. The molecule has 0 spiro atoms. The molecule has 1 rings (SSSR count). The average Bonchev–Trinajstić information content (AvgIpc) is 3.39. The van der Waals surface area contributed by atoms with Crippen LogP contribution in [-0.4, -0.2) is 89.2 Å². The number of hydrogen-bond acceptors (Lipinski definition) is 11. The molecule has 3 N–H and O–H groups in total. The topological polar surface area (TPSA) is 175 Å². The molecule has 12 nitrogen and oxygen atoms in total. The SMILES string of the molecule is CC/C=C\C/C=C\C/C=C\C/C=C\CCC(=O)OC1C(OCC(COC(=O)CCCCCCCCC/C=C\CCCCCCCC)OC(=O)CCCCCCCCCCCCCCCCC)OC(C(=O)O)C(O)C1O. The van der Waals surface area contributed by atoms with Gasteiger partial charge in [0.05, 0.1) is 6.61 Å². The molecule has 1 saturated heterocycles. The molecule has 0 bridgehead atoms. The van der Waals surface area contributed by atoms with Gasteiger partial charge in [0, 0.05) is 19.3 Å². The first-order chi connectivity index (χ1) is 36.6. The van der Waals surface area contributed by atoms with Crippen molar-refractivity contribution in [3.63, 3.8) is 0 Å². The Labute approximate surface area is 456 Å². The summed E-state index contributed by atoms with van der Waals surface area (Å²) in [6.07, 6.45) is 50.6. The number of aliphatic hydroxyl groups excluding tert-OH is 2. The molecular weight excluding hydrogens is 949 g/mol. The van der Waals surface area contributed by atoms with Gasteiger partial charge in [0.25, 0.3) is 0 Å². The molecule has 6 atom stereocenters. The fourth-order valence-electron chi connectivity index (χ4n) is 8.97. The Balaban J connectivity index is 2.71. The number of carboxylic acids is 1. The maximum atomic E-state index is 13.2. The molecule has 1 aliphatic rings. The second-order valence-corrected chi connectivity index (χ2v) is 20.6. The van der Waals surface area contributed by atoms with E-state index in [9.17, 15) is 34.5 Å². The van der Waals surface area contributed by atoms with Gasteiger partial charge < -0.3 is 39.0 Å². The summed E-state index contributed by atoms with van der Waals surface area (Å²) in [5.41, 5.74) is 0. The van der Waals surface area contributed by atoms with Crippen LogP contribution in [0.4, 0.5) is 0 Å². The molecule has 0 aromatic rings. The van der Waals surface area contributed by atoms with E-state index in [0.717, 1.165) is 64.2 Å². The molecule has 1 heterocycles. The van der Waals surface area contributed by atoms with E-state index in [1.165, 1.54) is 135 Å². The van der Waals surface area contributed by atoms with Crippen LogP contribution < -0.4 is 0 Å². The Morgan fingerprint density at radius 3 is 1.33 bits per heavy atom. The Kier molecular flexibility index (Phi) is 47.4. The minimum absolute atomic E-state index is 0.0601. The van der Waals surface area contributed by atoms with Crippen molar-refractivity contribution in [3.8, 4) is 0 Å². The summed E-state index contributed by atoms with van der Waals surface area (Å²) in [7, 11) is 0. The first-order valence-corrected chi connectivity index (χ1v) is 30.3. The molecule has 1 fully saturated rings. The molecule has 75 heavy (non-hydrogen) atoms. The minimum atomic E-state index is -1.93. The van der Waals surface area contributed by atoms with Gasteiger partial charge in [-0.2, -0.15) is 0 Å². The molecule has 0 saturated carbocycles. The van der Waals surface area contributed by atoms with Crippen molar-refractivity contribution in [2.45, 2.75) is 302 Å². The number of esters is 3. The Hall–Kier alpha value is -3.58. The van der Waals surface area contributed by atoms with E-state index >= 15 is 0 Å². The quantitative estimate of drug-likeness (QED) is 0.0228. The number of carbonyl (C=O) groups is 4. The second-order valence-electron chi connectivity index (χ2n) is 20.6. The van der Waals surface area contributed by atoms with Crippen LogP contribution in [0.25, 0.3) is 0 Å². The third-order valence-corrected chi connectivity index (χ3v) is 13.6. The van der Waals surface area contributed by atoms with Gasteiger partial charge in [-0.05, 0) is 70.6 Å². The summed E-state index contributed by atoms with van der Waals surface area (Å²) in [5, 5.41) is 31.4.